The van der Waals surface area contributed by atoms with E-state index in [1.807, 2.05) is 0 Å². The zero-order valence-corrected chi connectivity index (χ0v) is 8.69. The number of oxazole rings is 1. The number of nitrogens with zero attached hydrogens (tertiary/aromatic N) is 1. The van der Waals surface area contributed by atoms with Gasteiger partial charge in [0.05, 0.1) is 0 Å². The van der Waals surface area contributed by atoms with E-state index in [-0.39, 0.29) is 12.4 Å². The summed E-state index contributed by atoms with van der Waals surface area (Å²) in [5.74, 6) is 0.205. The first-order valence-corrected chi connectivity index (χ1v) is 5.11. The Balaban J connectivity index is 2.22. The summed E-state index contributed by atoms with van der Waals surface area (Å²) in [6, 6.07) is 6.42. The van der Waals surface area contributed by atoms with Gasteiger partial charge in [0.25, 0.3) is 0 Å². The van der Waals surface area contributed by atoms with Gasteiger partial charge in [-0.25, -0.2) is 9.37 Å². The molecule has 0 saturated carbocycles. The molecule has 0 spiro atoms. The molecular weight excluding hydrogens is 209 g/mol. The molecular formula is C12H12FNO2. The van der Waals surface area contributed by atoms with Gasteiger partial charge in [0, 0.05) is 18.6 Å². The lowest BCUT2D eigenvalue weighted by Gasteiger charge is -1.96. The molecule has 3 nitrogen and oxygen atoms in total. The summed E-state index contributed by atoms with van der Waals surface area (Å²) in [4.78, 5) is 4.16. The lowest BCUT2D eigenvalue weighted by molar-refractivity contribution is 0.283. The van der Waals surface area contributed by atoms with Crippen molar-refractivity contribution in [1.82, 2.24) is 4.98 Å². The fraction of sp³-hybridized carbons (Fsp3) is 0.250. The number of aromatic nitrogens is 1. The van der Waals surface area contributed by atoms with E-state index in [0.29, 0.717) is 30.0 Å². The van der Waals surface area contributed by atoms with Crippen LogP contribution >= 0.6 is 0 Å². The SMILES string of the molecule is OCCCc1nc(-c2ccccc2F)co1. The Morgan fingerprint density at radius 1 is 1.31 bits per heavy atom. The second kappa shape index (κ2) is 4.90. The Morgan fingerprint density at radius 2 is 2.12 bits per heavy atom. The van der Waals surface area contributed by atoms with Crippen LogP contribution in [0.5, 0.6) is 0 Å². The van der Waals surface area contributed by atoms with E-state index in [2.05, 4.69) is 4.98 Å². The topological polar surface area (TPSA) is 46.3 Å². The van der Waals surface area contributed by atoms with Crippen LogP contribution in [0.2, 0.25) is 0 Å². The normalized spacial score (nSPS) is 10.6. The molecule has 0 atom stereocenters. The second-order valence-electron chi connectivity index (χ2n) is 3.43. The van der Waals surface area contributed by atoms with E-state index in [0.717, 1.165) is 0 Å². The molecule has 2 rings (SSSR count). The van der Waals surface area contributed by atoms with Crippen molar-refractivity contribution in [1.29, 1.82) is 0 Å². The Bertz CT molecular complexity index is 468. The van der Waals surface area contributed by atoms with Gasteiger partial charge >= 0.3 is 0 Å². The van der Waals surface area contributed by atoms with Crippen LogP contribution in [0.3, 0.4) is 0 Å². The van der Waals surface area contributed by atoms with Gasteiger partial charge in [-0.1, -0.05) is 12.1 Å². The van der Waals surface area contributed by atoms with E-state index in [1.54, 1.807) is 18.2 Å². The highest BCUT2D eigenvalue weighted by Gasteiger charge is 2.09. The van der Waals surface area contributed by atoms with Gasteiger partial charge in [0.2, 0.25) is 0 Å². The third-order valence-corrected chi connectivity index (χ3v) is 2.25. The molecule has 2 aromatic rings. The third kappa shape index (κ3) is 2.28. The van der Waals surface area contributed by atoms with E-state index >= 15 is 0 Å². The quantitative estimate of drug-likeness (QED) is 0.862. The maximum Gasteiger partial charge on any atom is 0.194 e. The molecule has 1 aromatic heterocycles. The molecule has 84 valence electrons. The zero-order chi connectivity index (χ0) is 11.4. The largest absolute Gasteiger partial charge is 0.448 e. The fourth-order valence-corrected chi connectivity index (χ4v) is 1.45. The first kappa shape index (κ1) is 10.8. The van der Waals surface area contributed by atoms with Crippen LogP contribution in [-0.2, 0) is 6.42 Å². The van der Waals surface area contributed by atoms with Crippen LogP contribution < -0.4 is 0 Å². The van der Waals surface area contributed by atoms with Gasteiger partial charge in [0.1, 0.15) is 17.8 Å². The Kier molecular flexibility index (Phi) is 3.31. The predicted octanol–water partition coefficient (Wildman–Crippen LogP) is 2.41. The molecule has 4 heteroatoms. The molecule has 0 unspecified atom stereocenters. The Morgan fingerprint density at radius 3 is 2.88 bits per heavy atom. The van der Waals surface area contributed by atoms with Crippen LogP contribution in [0.25, 0.3) is 11.3 Å². The first-order chi connectivity index (χ1) is 7.81. The number of aryl methyl sites for hydroxylation is 1. The van der Waals surface area contributed by atoms with Gasteiger partial charge < -0.3 is 9.52 Å². The smallest absolute Gasteiger partial charge is 0.194 e. The summed E-state index contributed by atoms with van der Waals surface area (Å²) in [5, 5.41) is 8.67. The van der Waals surface area contributed by atoms with Gasteiger partial charge in [-0.2, -0.15) is 0 Å². The molecule has 0 amide bonds. The highest BCUT2D eigenvalue weighted by atomic mass is 19.1. The Labute approximate surface area is 92.6 Å². The Hall–Kier alpha value is -1.68. The summed E-state index contributed by atoms with van der Waals surface area (Å²) < 4.78 is 18.6. The highest BCUT2D eigenvalue weighted by molar-refractivity contribution is 5.58. The number of hydrogen-bond acceptors (Lipinski definition) is 3. The number of aliphatic hydroxyl groups excluding tert-OH is 1. The number of halogens is 1. The standard InChI is InChI=1S/C12H12FNO2/c13-10-5-2-1-4-9(10)11-8-16-12(14-11)6-3-7-15/h1-2,4-5,8,15H,3,6-7H2. The number of rotatable bonds is 4. The van der Waals surface area contributed by atoms with Crippen molar-refractivity contribution in [3.8, 4) is 11.3 Å². The summed E-state index contributed by atoms with van der Waals surface area (Å²) in [6.07, 6.45) is 2.59. The van der Waals surface area contributed by atoms with Crippen molar-refractivity contribution in [3.05, 3.63) is 42.2 Å². The molecule has 0 aliphatic carbocycles. The van der Waals surface area contributed by atoms with E-state index in [1.165, 1.54) is 12.3 Å². The highest BCUT2D eigenvalue weighted by Crippen LogP contribution is 2.21. The molecule has 0 aliphatic heterocycles. The van der Waals surface area contributed by atoms with Gasteiger partial charge in [-0.05, 0) is 18.6 Å². The van der Waals surface area contributed by atoms with Gasteiger partial charge in [0.15, 0.2) is 5.89 Å². The van der Waals surface area contributed by atoms with Crippen molar-refractivity contribution < 1.29 is 13.9 Å². The number of benzene rings is 1. The third-order valence-electron chi connectivity index (χ3n) is 2.25. The fourth-order valence-electron chi connectivity index (χ4n) is 1.45. The summed E-state index contributed by atoms with van der Waals surface area (Å²) in [5.41, 5.74) is 0.924. The number of aliphatic hydroxyl groups is 1. The number of hydrogen-bond donors (Lipinski definition) is 1. The van der Waals surface area contributed by atoms with Crippen LogP contribution in [-0.4, -0.2) is 16.7 Å². The average molecular weight is 221 g/mol. The monoisotopic (exact) mass is 221 g/mol. The lowest BCUT2D eigenvalue weighted by Crippen LogP contribution is -1.90. The van der Waals surface area contributed by atoms with Crippen molar-refractivity contribution in [2.24, 2.45) is 0 Å². The zero-order valence-electron chi connectivity index (χ0n) is 8.69. The summed E-state index contributed by atoms with van der Waals surface area (Å²) in [6.45, 7) is 0.0947. The van der Waals surface area contributed by atoms with Crippen molar-refractivity contribution in [2.45, 2.75) is 12.8 Å². The van der Waals surface area contributed by atoms with E-state index in [4.69, 9.17) is 9.52 Å². The minimum atomic E-state index is -0.315. The average Bonchev–Trinajstić information content (AvgIpc) is 2.75. The molecule has 16 heavy (non-hydrogen) atoms. The molecule has 0 bridgehead atoms. The maximum absolute atomic E-state index is 13.4. The molecule has 0 saturated heterocycles. The molecule has 1 N–H and O–H groups in total. The van der Waals surface area contributed by atoms with Crippen LogP contribution in [0.15, 0.2) is 34.9 Å². The van der Waals surface area contributed by atoms with E-state index < -0.39 is 0 Å². The molecule has 0 fully saturated rings. The molecule has 1 heterocycles. The van der Waals surface area contributed by atoms with Crippen molar-refractivity contribution in [3.63, 3.8) is 0 Å². The first-order valence-electron chi connectivity index (χ1n) is 5.11. The van der Waals surface area contributed by atoms with Crippen molar-refractivity contribution >= 4 is 0 Å². The minimum absolute atomic E-state index is 0.0947. The lowest BCUT2D eigenvalue weighted by atomic mass is 10.1. The molecule has 0 aliphatic rings. The minimum Gasteiger partial charge on any atom is -0.448 e. The summed E-state index contributed by atoms with van der Waals surface area (Å²) in [7, 11) is 0. The van der Waals surface area contributed by atoms with Gasteiger partial charge in [-0.3, -0.25) is 0 Å². The van der Waals surface area contributed by atoms with Crippen LogP contribution in [0.1, 0.15) is 12.3 Å². The van der Waals surface area contributed by atoms with Gasteiger partial charge in [-0.15, -0.1) is 0 Å². The molecule has 1 aromatic carbocycles. The van der Waals surface area contributed by atoms with Crippen LogP contribution in [0, 0.1) is 5.82 Å². The van der Waals surface area contributed by atoms with Crippen molar-refractivity contribution in [2.75, 3.05) is 6.61 Å². The maximum atomic E-state index is 13.4. The summed E-state index contributed by atoms with van der Waals surface area (Å²) >= 11 is 0. The molecule has 0 radical (unpaired) electrons. The second-order valence-corrected chi connectivity index (χ2v) is 3.43. The van der Waals surface area contributed by atoms with E-state index in [9.17, 15) is 4.39 Å². The predicted molar refractivity (Wildman–Crippen MR) is 57.3 cm³/mol. The van der Waals surface area contributed by atoms with Crippen LogP contribution in [0.4, 0.5) is 4.39 Å².